The number of ether oxygens (including phenoxy) is 1. The van der Waals surface area contributed by atoms with Crippen LogP contribution >= 0.6 is 23.2 Å². The van der Waals surface area contributed by atoms with Gasteiger partial charge in [0.25, 0.3) is 5.91 Å². The molecule has 1 unspecified atom stereocenters. The minimum Gasteiger partial charge on any atom is -0.455 e. The van der Waals surface area contributed by atoms with Crippen LogP contribution in [0.3, 0.4) is 0 Å². The predicted molar refractivity (Wildman–Crippen MR) is 108 cm³/mol. The van der Waals surface area contributed by atoms with Gasteiger partial charge in [-0.15, -0.1) is 0 Å². The molecule has 1 atom stereocenters. The third kappa shape index (κ3) is 7.34. The van der Waals surface area contributed by atoms with E-state index >= 15 is 0 Å². The SMILES string of the molecule is NC(=O)NC(CC(=O)OCC(=O)Nc1cc(C(F)(F)F)ccc1Cl)c1ccccc1Cl. The van der Waals surface area contributed by atoms with E-state index in [2.05, 4.69) is 10.6 Å². The van der Waals surface area contributed by atoms with Crippen molar-refractivity contribution < 1.29 is 32.3 Å². The molecule has 0 heterocycles. The number of amides is 3. The number of primary amides is 1. The van der Waals surface area contributed by atoms with Crippen LogP contribution < -0.4 is 16.4 Å². The van der Waals surface area contributed by atoms with Crippen LogP contribution in [0.1, 0.15) is 23.6 Å². The lowest BCUT2D eigenvalue weighted by atomic mass is 10.0. The van der Waals surface area contributed by atoms with Gasteiger partial charge in [-0.3, -0.25) is 9.59 Å². The fourth-order valence-electron chi connectivity index (χ4n) is 2.52. The van der Waals surface area contributed by atoms with Gasteiger partial charge in [-0.1, -0.05) is 41.4 Å². The summed E-state index contributed by atoms with van der Waals surface area (Å²) in [6.45, 7) is -0.794. The van der Waals surface area contributed by atoms with Crippen LogP contribution in [0.4, 0.5) is 23.7 Å². The van der Waals surface area contributed by atoms with Crippen molar-refractivity contribution in [1.29, 1.82) is 0 Å². The second kappa shape index (κ2) is 10.4. The minimum atomic E-state index is -4.63. The van der Waals surface area contributed by atoms with Crippen molar-refractivity contribution in [2.75, 3.05) is 11.9 Å². The first-order valence-electron chi connectivity index (χ1n) is 8.60. The van der Waals surface area contributed by atoms with Gasteiger partial charge in [0.2, 0.25) is 0 Å². The van der Waals surface area contributed by atoms with E-state index in [1.54, 1.807) is 24.3 Å². The monoisotopic (exact) mass is 477 g/mol. The molecule has 0 radical (unpaired) electrons. The van der Waals surface area contributed by atoms with Gasteiger partial charge in [-0.25, -0.2) is 4.79 Å². The molecular formula is C19H16Cl2F3N3O4. The summed E-state index contributed by atoms with van der Waals surface area (Å²) in [6, 6.07) is 6.97. The topological polar surface area (TPSA) is 111 Å². The van der Waals surface area contributed by atoms with Gasteiger partial charge in [-0.2, -0.15) is 13.2 Å². The van der Waals surface area contributed by atoms with Crippen molar-refractivity contribution in [3.05, 3.63) is 63.6 Å². The van der Waals surface area contributed by atoms with Crippen LogP contribution in [0.5, 0.6) is 0 Å². The molecule has 0 aliphatic heterocycles. The maximum atomic E-state index is 12.8. The molecule has 3 amide bonds. The molecule has 0 saturated heterocycles. The maximum Gasteiger partial charge on any atom is 0.416 e. The summed E-state index contributed by atoms with van der Waals surface area (Å²) in [6.07, 6.45) is -5.03. The number of hydrogen-bond donors (Lipinski definition) is 3. The van der Waals surface area contributed by atoms with Crippen LogP contribution in [0, 0.1) is 0 Å². The highest BCUT2D eigenvalue weighted by molar-refractivity contribution is 6.33. The van der Waals surface area contributed by atoms with E-state index < -0.39 is 48.7 Å². The number of nitrogens with two attached hydrogens (primary N) is 1. The number of benzene rings is 2. The average molecular weight is 478 g/mol. The first-order valence-corrected chi connectivity index (χ1v) is 9.35. The van der Waals surface area contributed by atoms with Crippen LogP contribution in [-0.2, 0) is 20.5 Å². The number of alkyl halides is 3. The molecule has 7 nitrogen and oxygen atoms in total. The van der Waals surface area contributed by atoms with E-state index in [0.29, 0.717) is 11.6 Å². The van der Waals surface area contributed by atoms with Crippen LogP contribution in [-0.4, -0.2) is 24.5 Å². The fraction of sp³-hybridized carbons (Fsp3) is 0.211. The Labute approximate surface area is 184 Å². The van der Waals surface area contributed by atoms with Gasteiger partial charge < -0.3 is 21.1 Å². The lowest BCUT2D eigenvalue weighted by Gasteiger charge is -2.18. The Kier molecular flexibility index (Phi) is 8.12. The Balaban J connectivity index is 1.99. The Morgan fingerprint density at radius 3 is 2.35 bits per heavy atom. The van der Waals surface area contributed by atoms with Crippen LogP contribution in [0.2, 0.25) is 10.0 Å². The van der Waals surface area contributed by atoms with E-state index in [1.807, 2.05) is 0 Å². The highest BCUT2D eigenvalue weighted by atomic mass is 35.5. The number of nitrogens with one attached hydrogen (secondary N) is 2. The molecule has 4 N–H and O–H groups in total. The number of urea groups is 1. The van der Waals surface area contributed by atoms with Gasteiger partial charge in [0.05, 0.1) is 28.7 Å². The van der Waals surface area contributed by atoms with E-state index in [4.69, 9.17) is 33.7 Å². The van der Waals surface area contributed by atoms with E-state index in [9.17, 15) is 27.6 Å². The third-order valence-corrected chi connectivity index (χ3v) is 4.57. The van der Waals surface area contributed by atoms with Gasteiger partial charge in [0, 0.05) is 5.02 Å². The lowest BCUT2D eigenvalue weighted by molar-refractivity contribution is -0.147. The Bertz CT molecular complexity index is 986. The molecule has 0 saturated carbocycles. The van der Waals surface area contributed by atoms with Crippen molar-refractivity contribution in [2.45, 2.75) is 18.6 Å². The summed E-state index contributed by atoms with van der Waals surface area (Å²) in [4.78, 5) is 35.3. The molecular weight excluding hydrogens is 462 g/mol. The van der Waals surface area contributed by atoms with Gasteiger partial charge in [-0.05, 0) is 29.8 Å². The molecule has 2 aromatic rings. The Hall–Kier alpha value is -2.98. The smallest absolute Gasteiger partial charge is 0.416 e. The van der Waals surface area contributed by atoms with Gasteiger partial charge in [0.1, 0.15) is 0 Å². The highest BCUT2D eigenvalue weighted by Gasteiger charge is 2.31. The molecule has 0 bridgehead atoms. The molecule has 12 heteroatoms. The van der Waals surface area contributed by atoms with Crippen molar-refractivity contribution >= 4 is 46.8 Å². The van der Waals surface area contributed by atoms with Crippen molar-refractivity contribution in [3.8, 4) is 0 Å². The average Bonchev–Trinajstić information content (AvgIpc) is 2.67. The maximum absolute atomic E-state index is 12.8. The minimum absolute atomic E-state index is 0.128. The normalized spacial score (nSPS) is 12.0. The first-order chi connectivity index (χ1) is 14.5. The van der Waals surface area contributed by atoms with Crippen molar-refractivity contribution in [3.63, 3.8) is 0 Å². The fourth-order valence-corrected chi connectivity index (χ4v) is 2.96. The Morgan fingerprint density at radius 2 is 1.74 bits per heavy atom. The van der Waals surface area contributed by atoms with Gasteiger partial charge >= 0.3 is 18.2 Å². The zero-order valence-corrected chi connectivity index (χ0v) is 17.1. The summed E-state index contributed by atoms with van der Waals surface area (Å²) in [5, 5.41) is 4.64. The van der Waals surface area contributed by atoms with Crippen molar-refractivity contribution in [1.82, 2.24) is 5.32 Å². The number of anilines is 1. The zero-order valence-electron chi connectivity index (χ0n) is 15.6. The third-order valence-electron chi connectivity index (χ3n) is 3.90. The van der Waals surface area contributed by atoms with E-state index in [-0.39, 0.29) is 15.7 Å². The number of carbonyl (C=O) groups is 3. The number of carbonyl (C=O) groups excluding carboxylic acids is 3. The van der Waals surface area contributed by atoms with Gasteiger partial charge in [0.15, 0.2) is 6.61 Å². The molecule has 0 aliphatic carbocycles. The number of halogens is 5. The summed E-state index contributed by atoms with van der Waals surface area (Å²) in [7, 11) is 0. The van der Waals surface area contributed by atoms with Crippen LogP contribution in [0.15, 0.2) is 42.5 Å². The lowest BCUT2D eigenvalue weighted by Crippen LogP contribution is -2.35. The van der Waals surface area contributed by atoms with Crippen LogP contribution in [0.25, 0.3) is 0 Å². The zero-order chi connectivity index (χ0) is 23.2. The molecule has 0 spiro atoms. The first kappa shape index (κ1) is 24.3. The largest absolute Gasteiger partial charge is 0.455 e. The van der Waals surface area contributed by atoms with Crippen molar-refractivity contribution in [2.24, 2.45) is 5.73 Å². The summed E-state index contributed by atoms with van der Waals surface area (Å²) < 4.78 is 43.2. The molecule has 166 valence electrons. The van der Waals surface area contributed by atoms with E-state index in [0.717, 1.165) is 12.1 Å². The summed E-state index contributed by atoms with van der Waals surface area (Å²) in [5.74, 6) is -1.80. The number of hydrogen-bond acceptors (Lipinski definition) is 4. The molecule has 2 aromatic carbocycles. The number of rotatable bonds is 7. The number of esters is 1. The highest BCUT2D eigenvalue weighted by Crippen LogP contribution is 2.33. The van der Waals surface area contributed by atoms with E-state index in [1.165, 1.54) is 0 Å². The standard InChI is InChI=1S/C19H16Cl2F3N3O4/c20-12-4-2-1-3-11(12)14(27-18(25)30)8-17(29)31-9-16(28)26-15-7-10(19(22,23)24)5-6-13(15)21/h1-7,14H,8-9H2,(H,26,28)(H3,25,27,30). The molecule has 31 heavy (non-hydrogen) atoms. The second-order valence-electron chi connectivity index (χ2n) is 6.19. The molecule has 2 rings (SSSR count). The molecule has 0 fully saturated rings. The summed E-state index contributed by atoms with van der Waals surface area (Å²) >= 11 is 11.9. The second-order valence-corrected chi connectivity index (χ2v) is 7.00. The molecule has 0 aliphatic rings. The molecule has 0 aromatic heterocycles. The summed E-state index contributed by atoms with van der Waals surface area (Å²) in [5.41, 5.74) is 4.22. The predicted octanol–water partition coefficient (Wildman–Crippen LogP) is 4.29. The quantitative estimate of drug-likeness (QED) is 0.516. The Morgan fingerprint density at radius 1 is 1.06 bits per heavy atom.